The van der Waals surface area contributed by atoms with Gasteiger partial charge in [0.25, 0.3) is 0 Å². The zero-order valence-corrected chi connectivity index (χ0v) is 10.6. The van der Waals surface area contributed by atoms with Crippen LogP contribution in [0.2, 0.25) is 0 Å². The molecule has 1 atom stereocenters. The number of benzene rings is 1. The Morgan fingerprint density at radius 1 is 1.47 bits per heavy atom. The lowest BCUT2D eigenvalue weighted by Gasteiger charge is -2.20. The maximum atomic E-state index is 13.2. The molecule has 0 spiro atoms. The Labute approximate surface area is 111 Å². The fourth-order valence-corrected chi connectivity index (χ4v) is 2.28. The van der Waals surface area contributed by atoms with E-state index in [4.69, 9.17) is 5.73 Å². The average Bonchev–Trinajstić information content (AvgIpc) is 3.14. The summed E-state index contributed by atoms with van der Waals surface area (Å²) in [6.07, 6.45) is 6.08. The number of nitrogens with zero attached hydrogens (tertiary/aromatic N) is 2. The van der Waals surface area contributed by atoms with Gasteiger partial charge in [-0.15, -0.1) is 0 Å². The molecule has 0 aliphatic heterocycles. The SMILES string of the molecule is NCC(Nc1cccc(F)c1)c1cncn1C1CC1. The predicted molar refractivity (Wildman–Crippen MR) is 72.3 cm³/mol. The second-order valence-electron chi connectivity index (χ2n) is 4.90. The third kappa shape index (κ3) is 2.61. The summed E-state index contributed by atoms with van der Waals surface area (Å²) in [5.74, 6) is -0.253. The van der Waals surface area contributed by atoms with Crippen molar-refractivity contribution in [3.05, 3.63) is 48.3 Å². The number of nitrogens with two attached hydrogens (primary N) is 1. The van der Waals surface area contributed by atoms with E-state index in [1.807, 2.05) is 18.6 Å². The second kappa shape index (κ2) is 5.01. The molecule has 3 rings (SSSR count). The molecule has 2 aromatic rings. The molecular formula is C14H17FN4. The van der Waals surface area contributed by atoms with E-state index in [-0.39, 0.29) is 11.9 Å². The van der Waals surface area contributed by atoms with Crippen molar-refractivity contribution in [3.8, 4) is 0 Å². The summed E-state index contributed by atoms with van der Waals surface area (Å²) in [5.41, 5.74) is 7.64. The standard InChI is InChI=1S/C14H17FN4/c15-10-2-1-3-11(6-10)18-13(7-16)14-8-17-9-19(14)12-4-5-12/h1-3,6,8-9,12-13,18H,4-5,7,16H2. The zero-order valence-electron chi connectivity index (χ0n) is 10.6. The maximum Gasteiger partial charge on any atom is 0.125 e. The van der Waals surface area contributed by atoms with Crippen molar-refractivity contribution in [1.82, 2.24) is 9.55 Å². The zero-order chi connectivity index (χ0) is 13.2. The first kappa shape index (κ1) is 12.2. The Hall–Kier alpha value is -1.88. The number of hydrogen-bond acceptors (Lipinski definition) is 3. The highest BCUT2D eigenvalue weighted by Crippen LogP contribution is 2.37. The summed E-state index contributed by atoms with van der Waals surface area (Å²) in [4.78, 5) is 4.20. The van der Waals surface area contributed by atoms with Crippen LogP contribution in [-0.2, 0) is 0 Å². The number of rotatable bonds is 5. The van der Waals surface area contributed by atoms with Crippen LogP contribution in [-0.4, -0.2) is 16.1 Å². The first-order valence-corrected chi connectivity index (χ1v) is 6.52. The van der Waals surface area contributed by atoms with E-state index in [0.29, 0.717) is 12.6 Å². The summed E-state index contributed by atoms with van der Waals surface area (Å²) < 4.78 is 15.4. The summed E-state index contributed by atoms with van der Waals surface area (Å²) >= 11 is 0. The largest absolute Gasteiger partial charge is 0.375 e. The normalized spacial score (nSPS) is 16.3. The lowest BCUT2D eigenvalue weighted by molar-refractivity contribution is 0.624. The fraction of sp³-hybridized carbons (Fsp3) is 0.357. The smallest absolute Gasteiger partial charge is 0.125 e. The minimum atomic E-state index is -0.253. The van der Waals surface area contributed by atoms with Crippen LogP contribution in [0.25, 0.3) is 0 Å². The lowest BCUT2D eigenvalue weighted by atomic mass is 10.2. The van der Waals surface area contributed by atoms with Gasteiger partial charge in [-0.1, -0.05) is 6.07 Å². The molecule has 1 aliphatic carbocycles. The number of aromatic nitrogens is 2. The van der Waals surface area contributed by atoms with Gasteiger partial charge in [0.1, 0.15) is 5.82 Å². The van der Waals surface area contributed by atoms with E-state index in [2.05, 4.69) is 14.9 Å². The van der Waals surface area contributed by atoms with Gasteiger partial charge in [0, 0.05) is 18.3 Å². The van der Waals surface area contributed by atoms with Gasteiger partial charge >= 0.3 is 0 Å². The van der Waals surface area contributed by atoms with Crippen LogP contribution in [0, 0.1) is 5.82 Å². The van der Waals surface area contributed by atoms with Gasteiger partial charge in [0.05, 0.1) is 24.3 Å². The number of halogens is 1. The van der Waals surface area contributed by atoms with Crippen LogP contribution in [0.5, 0.6) is 0 Å². The van der Waals surface area contributed by atoms with Crippen molar-refractivity contribution in [2.75, 3.05) is 11.9 Å². The second-order valence-corrected chi connectivity index (χ2v) is 4.90. The van der Waals surface area contributed by atoms with Gasteiger partial charge in [-0.3, -0.25) is 0 Å². The van der Waals surface area contributed by atoms with Crippen molar-refractivity contribution < 1.29 is 4.39 Å². The topological polar surface area (TPSA) is 55.9 Å². The third-order valence-electron chi connectivity index (χ3n) is 3.39. The van der Waals surface area contributed by atoms with E-state index >= 15 is 0 Å². The number of hydrogen-bond donors (Lipinski definition) is 2. The molecule has 1 aromatic heterocycles. The Morgan fingerprint density at radius 3 is 3.00 bits per heavy atom. The summed E-state index contributed by atoms with van der Waals surface area (Å²) in [6.45, 7) is 0.439. The molecule has 1 saturated carbocycles. The molecule has 3 N–H and O–H groups in total. The highest BCUT2D eigenvalue weighted by Gasteiger charge is 2.27. The van der Waals surface area contributed by atoms with Crippen LogP contribution >= 0.6 is 0 Å². The fourth-order valence-electron chi connectivity index (χ4n) is 2.28. The van der Waals surface area contributed by atoms with E-state index in [9.17, 15) is 4.39 Å². The Kier molecular flexibility index (Phi) is 3.21. The van der Waals surface area contributed by atoms with Gasteiger partial charge in [-0.2, -0.15) is 0 Å². The first-order chi connectivity index (χ1) is 9.28. The van der Waals surface area contributed by atoms with E-state index in [1.54, 1.807) is 6.07 Å². The molecule has 1 aromatic carbocycles. The van der Waals surface area contributed by atoms with Crippen molar-refractivity contribution in [1.29, 1.82) is 0 Å². The molecule has 1 aliphatic rings. The number of anilines is 1. The molecule has 1 unspecified atom stereocenters. The van der Waals surface area contributed by atoms with Gasteiger partial charge in [0.2, 0.25) is 0 Å². The molecule has 5 heteroatoms. The monoisotopic (exact) mass is 260 g/mol. The molecule has 100 valence electrons. The van der Waals surface area contributed by atoms with Gasteiger partial charge in [0.15, 0.2) is 0 Å². The molecule has 0 amide bonds. The van der Waals surface area contributed by atoms with E-state index < -0.39 is 0 Å². The lowest BCUT2D eigenvalue weighted by Crippen LogP contribution is -2.23. The average molecular weight is 260 g/mol. The van der Waals surface area contributed by atoms with Gasteiger partial charge in [-0.05, 0) is 31.0 Å². The van der Waals surface area contributed by atoms with Gasteiger partial charge in [-0.25, -0.2) is 9.37 Å². The van der Waals surface area contributed by atoms with Crippen molar-refractivity contribution in [2.45, 2.75) is 24.9 Å². The van der Waals surface area contributed by atoms with Crippen molar-refractivity contribution in [2.24, 2.45) is 5.73 Å². The highest BCUT2D eigenvalue weighted by molar-refractivity contribution is 5.45. The maximum absolute atomic E-state index is 13.2. The number of nitrogens with one attached hydrogen (secondary N) is 1. The minimum absolute atomic E-state index is 0.0510. The first-order valence-electron chi connectivity index (χ1n) is 6.52. The van der Waals surface area contributed by atoms with Crippen LogP contribution in [0.1, 0.15) is 30.6 Å². The highest BCUT2D eigenvalue weighted by atomic mass is 19.1. The Morgan fingerprint density at radius 2 is 2.32 bits per heavy atom. The molecule has 0 saturated heterocycles. The number of imidazole rings is 1. The van der Waals surface area contributed by atoms with Crippen molar-refractivity contribution in [3.63, 3.8) is 0 Å². The van der Waals surface area contributed by atoms with Crippen LogP contribution in [0.15, 0.2) is 36.8 Å². The molecule has 1 fully saturated rings. The van der Waals surface area contributed by atoms with Crippen molar-refractivity contribution >= 4 is 5.69 Å². The third-order valence-corrected chi connectivity index (χ3v) is 3.39. The van der Waals surface area contributed by atoms with Crippen LogP contribution in [0.3, 0.4) is 0 Å². The molecular weight excluding hydrogens is 243 g/mol. The molecule has 19 heavy (non-hydrogen) atoms. The summed E-state index contributed by atoms with van der Waals surface area (Å²) in [7, 11) is 0. The molecule has 4 nitrogen and oxygen atoms in total. The van der Waals surface area contributed by atoms with Crippen LogP contribution in [0.4, 0.5) is 10.1 Å². The Bertz CT molecular complexity index is 562. The molecule has 0 radical (unpaired) electrons. The van der Waals surface area contributed by atoms with Gasteiger partial charge < -0.3 is 15.6 Å². The molecule has 1 heterocycles. The van der Waals surface area contributed by atoms with E-state index in [1.165, 1.54) is 25.0 Å². The summed E-state index contributed by atoms with van der Waals surface area (Å²) in [6, 6.07) is 6.93. The van der Waals surface area contributed by atoms with E-state index in [0.717, 1.165) is 11.4 Å². The minimum Gasteiger partial charge on any atom is -0.375 e. The molecule has 0 bridgehead atoms. The Balaban J connectivity index is 1.82. The quantitative estimate of drug-likeness (QED) is 0.868. The predicted octanol–water partition coefficient (Wildman–Crippen LogP) is 2.47. The van der Waals surface area contributed by atoms with Crippen LogP contribution < -0.4 is 11.1 Å². The summed E-state index contributed by atoms with van der Waals surface area (Å²) in [5, 5.41) is 3.27.